The lowest BCUT2D eigenvalue weighted by atomic mass is 10.1. The third-order valence-corrected chi connectivity index (χ3v) is 3.75. The molecular formula is C16H24N2. The van der Waals surface area contributed by atoms with Gasteiger partial charge in [-0.05, 0) is 49.6 Å². The summed E-state index contributed by atoms with van der Waals surface area (Å²) in [6.07, 6.45) is 0. The second-order valence-corrected chi connectivity index (χ2v) is 5.65. The first-order valence-electron chi connectivity index (χ1n) is 6.76. The summed E-state index contributed by atoms with van der Waals surface area (Å²) in [5.41, 5.74) is 5.46. The van der Waals surface area contributed by atoms with E-state index >= 15 is 0 Å². The third kappa shape index (κ3) is 2.44. The van der Waals surface area contributed by atoms with Gasteiger partial charge in [-0.2, -0.15) is 0 Å². The summed E-state index contributed by atoms with van der Waals surface area (Å²) in [7, 11) is 2.14. The first kappa shape index (κ1) is 13.2. The van der Waals surface area contributed by atoms with Crippen LogP contribution < -0.4 is 5.32 Å². The molecule has 0 unspecified atom stereocenters. The van der Waals surface area contributed by atoms with E-state index < -0.39 is 0 Å². The fraction of sp³-hybridized carbons (Fsp3) is 0.500. The van der Waals surface area contributed by atoms with Crippen molar-refractivity contribution in [1.29, 1.82) is 0 Å². The van der Waals surface area contributed by atoms with Crippen molar-refractivity contribution in [3.8, 4) is 0 Å². The largest absolute Gasteiger partial charge is 0.348 e. The van der Waals surface area contributed by atoms with E-state index in [1.54, 1.807) is 0 Å². The van der Waals surface area contributed by atoms with Gasteiger partial charge in [-0.1, -0.05) is 19.9 Å². The highest BCUT2D eigenvalue weighted by Crippen LogP contribution is 2.25. The molecule has 2 nitrogen and oxygen atoms in total. The number of benzene rings is 1. The summed E-state index contributed by atoms with van der Waals surface area (Å²) in [4.78, 5) is 0. The summed E-state index contributed by atoms with van der Waals surface area (Å²) >= 11 is 0. The summed E-state index contributed by atoms with van der Waals surface area (Å²) in [5.74, 6) is 0.703. The first-order chi connectivity index (χ1) is 8.50. The van der Waals surface area contributed by atoms with Gasteiger partial charge in [0, 0.05) is 30.2 Å². The third-order valence-electron chi connectivity index (χ3n) is 3.75. The van der Waals surface area contributed by atoms with Crippen LogP contribution in [-0.2, 0) is 13.6 Å². The Labute approximate surface area is 110 Å². The van der Waals surface area contributed by atoms with Crippen LogP contribution in [0.5, 0.6) is 0 Å². The molecule has 0 aliphatic carbocycles. The van der Waals surface area contributed by atoms with Gasteiger partial charge in [0.2, 0.25) is 0 Å². The van der Waals surface area contributed by atoms with Crippen molar-refractivity contribution in [3.63, 3.8) is 0 Å². The molecule has 0 radical (unpaired) electrons. The zero-order chi connectivity index (χ0) is 13.3. The average molecular weight is 244 g/mol. The van der Waals surface area contributed by atoms with Crippen LogP contribution in [0.3, 0.4) is 0 Å². The van der Waals surface area contributed by atoms with E-state index in [2.05, 4.69) is 62.8 Å². The minimum absolute atomic E-state index is 0.703. The lowest BCUT2D eigenvalue weighted by Gasteiger charge is -2.08. The van der Waals surface area contributed by atoms with Gasteiger partial charge in [0.1, 0.15) is 0 Å². The second-order valence-electron chi connectivity index (χ2n) is 5.65. The van der Waals surface area contributed by atoms with Gasteiger partial charge in [0.05, 0.1) is 0 Å². The molecule has 18 heavy (non-hydrogen) atoms. The Hall–Kier alpha value is -1.28. The quantitative estimate of drug-likeness (QED) is 0.870. The highest BCUT2D eigenvalue weighted by atomic mass is 14.9. The number of nitrogens with zero attached hydrogens (tertiary/aromatic N) is 1. The van der Waals surface area contributed by atoms with E-state index in [4.69, 9.17) is 0 Å². The fourth-order valence-electron chi connectivity index (χ4n) is 2.42. The lowest BCUT2D eigenvalue weighted by Crippen LogP contribution is -2.18. The minimum atomic E-state index is 0.703. The van der Waals surface area contributed by atoms with E-state index in [0.717, 1.165) is 13.1 Å². The molecular weight excluding hydrogens is 220 g/mol. The monoisotopic (exact) mass is 244 g/mol. The van der Waals surface area contributed by atoms with Crippen LogP contribution in [-0.4, -0.2) is 11.1 Å². The number of aromatic nitrogens is 1. The molecule has 2 heteroatoms. The standard InChI is InChI=1S/C16H24N2/c1-11(2)9-17-10-14-6-7-16-15(8-14)12(3)13(4)18(16)5/h6-8,11,17H,9-10H2,1-5H3. The minimum Gasteiger partial charge on any atom is -0.348 e. The average Bonchev–Trinajstić information content (AvgIpc) is 2.54. The molecule has 0 amide bonds. The van der Waals surface area contributed by atoms with Crippen molar-refractivity contribution in [2.45, 2.75) is 34.2 Å². The predicted molar refractivity (Wildman–Crippen MR) is 78.9 cm³/mol. The van der Waals surface area contributed by atoms with Gasteiger partial charge in [0.15, 0.2) is 0 Å². The van der Waals surface area contributed by atoms with Gasteiger partial charge < -0.3 is 9.88 Å². The molecule has 0 saturated carbocycles. The summed E-state index contributed by atoms with van der Waals surface area (Å²) in [5, 5.41) is 4.89. The van der Waals surface area contributed by atoms with Crippen molar-refractivity contribution in [1.82, 2.24) is 9.88 Å². The molecule has 1 aromatic heterocycles. The number of rotatable bonds is 4. The van der Waals surface area contributed by atoms with Crippen LogP contribution in [0.4, 0.5) is 0 Å². The highest BCUT2D eigenvalue weighted by molar-refractivity contribution is 5.85. The molecule has 0 fully saturated rings. The van der Waals surface area contributed by atoms with Gasteiger partial charge in [-0.25, -0.2) is 0 Å². The van der Waals surface area contributed by atoms with Crippen molar-refractivity contribution in [2.75, 3.05) is 6.54 Å². The Morgan fingerprint density at radius 1 is 1.22 bits per heavy atom. The zero-order valence-electron chi connectivity index (χ0n) is 12.2. The first-order valence-corrected chi connectivity index (χ1v) is 6.76. The van der Waals surface area contributed by atoms with Crippen LogP contribution in [0.25, 0.3) is 10.9 Å². The van der Waals surface area contributed by atoms with Gasteiger partial charge in [-0.3, -0.25) is 0 Å². The van der Waals surface area contributed by atoms with Crippen LogP contribution in [0.2, 0.25) is 0 Å². The molecule has 0 saturated heterocycles. The number of nitrogens with one attached hydrogen (secondary N) is 1. The molecule has 1 aromatic carbocycles. The van der Waals surface area contributed by atoms with Crippen molar-refractivity contribution >= 4 is 10.9 Å². The molecule has 1 N–H and O–H groups in total. The lowest BCUT2D eigenvalue weighted by molar-refractivity contribution is 0.552. The van der Waals surface area contributed by atoms with Gasteiger partial charge in [0.25, 0.3) is 0 Å². The Balaban J connectivity index is 2.25. The summed E-state index contributed by atoms with van der Waals surface area (Å²) < 4.78 is 2.27. The summed E-state index contributed by atoms with van der Waals surface area (Å²) in [6, 6.07) is 6.79. The maximum absolute atomic E-state index is 3.50. The fourth-order valence-corrected chi connectivity index (χ4v) is 2.42. The molecule has 2 aromatic rings. The maximum atomic E-state index is 3.50. The van der Waals surface area contributed by atoms with Crippen LogP contribution in [0.1, 0.15) is 30.7 Å². The van der Waals surface area contributed by atoms with E-state index in [1.165, 1.54) is 27.7 Å². The number of aryl methyl sites for hydroxylation is 2. The van der Waals surface area contributed by atoms with Gasteiger partial charge in [-0.15, -0.1) is 0 Å². The Morgan fingerprint density at radius 2 is 1.94 bits per heavy atom. The number of hydrogen-bond acceptors (Lipinski definition) is 1. The summed E-state index contributed by atoms with van der Waals surface area (Å²) in [6.45, 7) is 10.9. The molecule has 0 atom stereocenters. The molecule has 0 bridgehead atoms. The highest BCUT2D eigenvalue weighted by Gasteiger charge is 2.08. The zero-order valence-corrected chi connectivity index (χ0v) is 12.2. The predicted octanol–water partition coefficient (Wildman–Crippen LogP) is 3.54. The second kappa shape index (κ2) is 5.15. The van der Waals surface area contributed by atoms with Crippen molar-refractivity contribution < 1.29 is 0 Å². The van der Waals surface area contributed by atoms with Crippen LogP contribution in [0, 0.1) is 19.8 Å². The van der Waals surface area contributed by atoms with E-state index in [0.29, 0.717) is 5.92 Å². The van der Waals surface area contributed by atoms with Crippen LogP contribution in [0.15, 0.2) is 18.2 Å². The van der Waals surface area contributed by atoms with E-state index in [-0.39, 0.29) is 0 Å². The number of hydrogen-bond donors (Lipinski definition) is 1. The van der Waals surface area contributed by atoms with Crippen LogP contribution >= 0.6 is 0 Å². The Kier molecular flexibility index (Phi) is 3.76. The SMILES string of the molecule is Cc1c(C)n(C)c2ccc(CNCC(C)C)cc12. The molecule has 2 rings (SSSR count). The van der Waals surface area contributed by atoms with Gasteiger partial charge >= 0.3 is 0 Å². The van der Waals surface area contributed by atoms with E-state index in [9.17, 15) is 0 Å². The van der Waals surface area contributed by atoms with E-state index in [1.807, 2.05) is 0 Å². The molecule has 0 aliphatic heterocycles. The Morgan fingerprint density at radius 3 is 2.61 bits per heavy atom. The Bertz CT molecular complexity index is 550. The molecule has 0 spiro atoms. The normalized spacial score (nSPS) is 11.7. The molecule has 1 heterocycles. The smallest absolute Gasteiger partial charge is 0.0482 e. The molecule has 0 aliphatic rings. The topological polar surface area (TPSA) is 17.0 Å². The van der Waals surface area contributed by atoms with Crippen molar-refractivity contribution in [2.24, 2.45) is 13.0 Å². The maximum Gasteiger partial charge on any atom is 0.0482 e. The number of fused-ring (bicyclic) bond motifs is 1. The van der Waals surface area contributed by atoms with Crippen molar-refractivity contribution in [3.05, 3.63) is 35.0 Å². The molecule has 98 valence electrons.